The highest BCUT2D eigenvalue weighted by atomic mass is 16.5. The maximum absolute atomic E-state index is 12.6. The molecule has 0 saturated heterocycles. The third-order valence-electron chi connectivity index (χ3n) is 4.05. The lowest BCUT2D eigenvalue weighted by Crippen LogP contribution is -2.38. The third-order valence-corrected chi connectivity index (χ3v) is 4.05. The first-order chi connectivity index (χ1) is 11.2. The van der Waals surface area contributed by atoms with Crippen molar-refractivity contribution in [2.24, 2.45) is 0 Å². The molecule has 3 heterocycles. The number of methoxy groups -OCH3 is 1. The number of hydrogen-bond acceptors (Lipinski definition) is 3. The third kappa shape index (κ3) is 2.19. The Morgan fingerprint density at radius 2 is 2.17 bits per heavy atom. The Morgan fingerprint density at radius 1 is 1.30 bits per heavy atom. The number of ether oxygens (including phenoxy) is 1. The van der Waals surface area contributed by atoms with Crippen LogP contribution in [0.5, 0.6) is 5.75 Å². The predicted octanol–water partition coefficient (Wildman–Crippen LogP) is 3.43. The maximum Gasteiger partial charge on any atom is 0.326 e. The van der Waals surface area contributed by atoms with E-state index in [1.54, 1.807) is 18.2 Å². The van der Waals surface area contributed by atoms with Crippen molar-refractivity contribution in [1.82, 2.24) is 9.97 Å². The van der Waals surface area contributed by atoms with Gasteiger partial charge < -0.3 is 15.0 Å². The molecule has 1 aromatic carbocycles. The van der Waals surface area contributed by atoms with E-state index in [0.29, 0.717) is 6.54 Å². The molecule has 0 fully saturated rings. The van der Waals surface area contributed by atoms with E-state index in [4.69, 9.17) is 4.74 Å². The summed E-state index contributed by atoms with van der Waals surface area (Å²) in [6.45, 7) is 2.45. The average molecular weight is 308 g/mol. The predicted molar refractivity (Wildman–Crippen MR) is 89.0 cm³/mol. The Hall–Kier alpha value is -3.02. The van der Waals surface area contributed by atoms with Crippen molar-refractivity contribution >= 4 is 28.4 Å². The van der Waals surface area contributed by atoms with Crippen molar-refractivity contribution in [1.29, 1.82) is 0 Å². The number of amides is 2. The summed E-state index contributed by atoms with van der Waals surface area (Å²) >= 11 is 0. The molecule has 0 radical (unpaired) electrons. The minimum Gasteiger partial charge on any atom is -0.497 e. The van der Waals surface area contributed by atoms with Gasteiger partial charge in [0, 0.05) is 35.1 Å². The van der Waals surface area contributed by atoms with E-state index in [1.807, 2.05) is 37.4 Å². The number of nitrogens with one attached hydrogen (secondary N) is 2. The van der Waals surface area contributed by atoms with Crippen molar-refractivity contribution in [3.05, 3.63) is 47.8 Å². The molecule has 0 aliphatic carbocycles. The second kappa shape index (κ2) is 5.01. The summed E-state index contributed by atoms with van der Waals surface area (Å²) in [5.41, 5.74) is 4.43. The Bertz CT molecular complexity index is 916. The van der Waals surface area contributed by atoms with Crippen LogP contribution in [0.25, 0.3) is 11.0 Å². The highest BCUT2D eigenvalue weighted by Gasteiger charge is 2.26. The molecule has 2 aromatic heterocycles. The van der Waals surface area contributed by atoms with Crippen molar-refractivity contribution in [3.63, 3.8) is 0 Å². The quantitative estimate of drug-likeness (QED) is 0.762. The largest absolute Gasteiger partial charge is 0.497 e. The van der Waals surface area contributed by atoms with Crippen LogP contribution in [0.2, 0.25) is 0 Å². The van der Waals surface area contributed by atoms with E-state index >= 15 is 0 Å². The van der Waals surface area contributed by atoms with Crippen molar-refractivity contribution in [3.8, 4) is 5.75 Å². The molecule has 1 aliphatic heterocycles. The summed E-state index contributed by atoms with van der Waals surface area (Å²) in [6, 6.07) is 7.53. The second-order valence-corrected chi connectivity index (χ2v) is 5.62. The van der Waals surface area contributed by atoms with Crippen LogP contribution in [-0.4, -0.2) is 23.1 Å². The van der Waals surface area contributed by atoms with Gasteiger partial charge in [0.05, 0.1) is 19.3 Å². The smallest absolute Gasteiger partial charge is 0.326 e. The van der Waals surface area contributed by atoms with Gasteiger partial charge >= 0.3 is 6.03 Å². The molecule has 23 heavy (non-hydrogen) atoms. The summed E-state index contributed by atoms with van der Waals surface area (Å²) in [6.07, 6.45) is 3.62. The number of carbonyl (C=O) groups is 1. The lowest BCUT2D eigenvalue weighted by atomic mass is 10.1. The maximum atomic E-state index is 12.6. The molecule has 0 bridgehead atoms. The number of nitrogens with zero attached hydrogens (tertiary/aromatic N) is 2. The minimum atomic E-state index is -0.154. The van der Waals surface area contributed by atoms with E-state index in [0.717, 1.165) is 39.3 Å². The van der Waals surface area contributed by atoms with E-state index < -0.39 is 0 Å². The number of rotatable bonds is 2. The lowest BCUT2D eigenvalue weighted by Gasteiger charge is -2.30. The molecule has 0 spiro atoms. The summed E-state index contributed by atoms with van der Waals surface area (Å²) in [5.74, 6) is 0.734. The minimum absolute atomic E-state index is 0.154. The number of aryl methyl sites for hydroxylation is 1. The zero-order valence-electron chi connectivity index (χ0n) is 12.9. The van der Waals surface area contributed by atoms with Crippen LogP contribution in [0.4, 0.5) is 16.2 Å². The van der Waals surface area contributed by atoms with E-state index in [2.05, 4.69) is 15.3 Å². The van der Waals surface area contributed by atoms with Crippen LogP contribution in [0.3, 0.4) is 0 Å². The van der Waals surface area contributed by atoms with Gasteiger partial charge in [0.2, 0.25) is 0 Å². The Kier molecular flexibility index (Phi) is 2.97. The Morgan fingerprint density at radius 3 is 3.00 bits per heavy atom. The molecular formula is C17H16N4O2. The van der Waals surface area contributed by atoms with Crippen LogP contribution in [-0.2, 0) is 6.54 Å². The van der Waals surface area contributed by atoms with Crippen LogP contribution in [0.15, 0.2) is 36.7 Å². The zero-order valence-corrected chi connectivity index (χ0v) is 12.9. The molecule has 2 amide bonds. The SMILES string of the molecule is COc1cc(C)cc(N2Cc3cnc4[nH]ccc4c3NC2=O)c1. The number of carbonyl (C=O) groups excluding carboxylic acids is 1. The van der Waals surface area contributed by atoms with E-state index in [9.17, 15) is 4.79 Å². The monoisotopic (exact) mass is 308 g/mol. The van der Waals surface area contributed by atoms with Gasteiger partial charge in [0.15, 0.2) is 0 Å². The molecule has 116 valence electrons. The Labute approximate surface area is 133 Å². The van der Waals surface area contributed by atoms with Crippen LogP contribution >= 0.6 is 0 Å². The van der Waals surface area contributed by atoms with Gasteiger partial charge in [0.25, 0.3) is 0 Å². The van der Waals surface area contributed by atoms with Crippen molar-refractivity contribution in [2.75, 3.05) is 17.3 Å². The number of hydrogen-bond donors (Lipinski definition) is 2. The number of aromatic nitrogens is 2. The molecular weight excluding hydrogens is 292 g/mol. The molecule has 0 unspecified atom stereocenters. The number of fused-ring (bicyclic) bond motifs is 3. The molecule has 0 saturated carbocycles. The number of anilines is 2. The highest BCUT2D eigenvalue weighted by molar-refractivity contribution is 6.09. The molecule has 6 heteroatoms. The summed E-state index contributed by atoms with van der Waals surface area (Å²) in [7, 11) is 1.62. The first kappa shape index (κ1) is 13.6. The van der Waals surface area contributed by atoms with Crippen LogP contribution in [0, 0.1) is 6.92 Å². The summed E-state index contributed by atoms with van der Waals surface area (Å²) in [5, 5.41) is 3.91. The van der Waals surface area contributed by atoms with Gasteiger partial charge in [0.1, 0.15) is 11.4 Å². The van der Waals surface area contributed by atoms with Crippen LogP contribution < -0.4 is 15.0 Å². The second-order valence-electron chi connectivity index (χ2n) is 5.62. The topological polar surface area (TPSA) is 70.2 Å². The standard InChI is InChI=1S/C17H16N4O2/c1-10-5-12(7-13(6-10)23-2)21-9-11-8-19-16-14(3-4-18-16)15(11)20-17(21)22/h3-8H,9H2,1-2H3,(H,18,19)(H,20,22). The molecule has 1 aliphatic rings. The summed E-state index contributed by atoms with van der Waals surface area (Å²) < 4.78 is 5.30. The molecule has 0 atom stereocenters. The fourth-order valence-corrected chi connectivity index (χ4v) is 2.94. The van der Waals surface area contributed by atoms with Gasteiger partial charge in [-0.25, -0.2) is 9.78 Å². The molecule has 3 aromatic rings. The number of urea groups is 1. The molecule has 2 N–H and O–H groups in total. The average Bonchev–Trinajstić information content (AvgIpc) is 3.02. The molecule has 4 rings (SSSR count). The lowest BCUT2D eigenvalue weighted by molar-refractivity contribution is 0.256. The number of aromatic amines is 1. The fourth-order valence-electron chi connectivity index (χ4n) is 2.94. The first-order valence-electron chi connectivity index (χ1n) is 7.35. The molecule has 6 nitrogen and oxygen atoms in total. The van der Waals surface area contributed by atoms with Gasteiger partial charge in [-0.05, 0) is 30.7 Å². The van der Waals surface area contributed by atoms with Gasteiger partial charge in [-0.2, -0.15) is 0 Å². The van der Waals surface area contributed by atoms with E-state index in [1.165, 1.54) is 0 Å². The number of benzene rings is 1. The Balaban J connectivity index is 1.78. The van der Waals surface area contributed by atoms with Gasteiger partial charge in [-0.3, -0.25) is 4.90 Å². The summed E-state index contributed by atoms with van der Waals surface area (Å²) in [4.78, 5) is 21.7. The van der Waals surface area contributed by atoms with Crippen molar-refractivity contribution in [2.45, 2.75) is 13.5 Å². The van der Waals surface area contributed by atoms with Crippen LogP contribution in [0.1, 0.15) is 11.1 Å². The normalized spacial score (nSPS) is 13.8. The van der Waals surface area contributed by atoms with Gasteiger partial charge in [-0.1, -0.05) is 0 Å². The van der Waals surface area contributed by atoms with E-state index in [-0.39, 0.29) is 6.03 Å². The zero-order chi connectivity index (χ0) is 16.0. The first-order valence-corrected chi connectivity index (χ1v) is 7.35. The number of H-pyrrole nitrogens is 1. The highest BCUT2D eigenvalue weighted by Crippen LogP contribution is 2.33. The number of pyridine rings is 1. The fraction of sp³-hybridized carbons (Fsp3) is 0.176. The van der Waals surface area contributed by atoms with Crippen molar-refractivity contribution < 1.29 is 9.53 Å². The van der Waals surface area contributed by atoms with Gasteiger partial charge in [-0.15, -0.1) is 0 Å².